The van der Waals surface area contributed by atoms with Gasteiger partial charge in [0, 0.05) is 11.3 Å². The highest BCUT2D eigenvalue weighted by molar-refractivity contribution is 7.98. The molecule has 1 heterocycles. The van der Waals surface area contributed by atoms with E-state index >= 15 is 0 Å². The highest BCUT2D eigenvalue weighted by Crippen LogP contribution is 2.26. The summed E-state index contributed by atoms with van der Waals surface area (Å²) in [5.41, 5.74) is 2.92. The lowest BCUT2D eigenvalue weighted by molar-refractivity contribution is 0.626. The average Bonchev–Trinajstić information content (AvgIpc) is 2.87. The first-order valence-corrected chi connectivity index (χ1v) is 7.77. The monoisotopic (exact) mass is 314 g/mol. The molecule has 2 aromatic carbocycles. The summed E-state index contributed by atoms with van der Waals surface area (Å²) < 4.78 is 14.7. The molecule has 22 heavy (non-hydrogen) atoms. The van der Waals surface area contributed by atoms with Crippen molar-refractivity contribution in [3.8, 4) is 11.4 Å². The van der Waals surface area contributed by atoms with Gasteiger partial charge < -0.3 is 5.84 Å². The van der Waals surface area contributed by atoms with Gasteiger partial charge in [0.1, 0.15) is 5.82 Å². The van der Waals surface area contributed by atoms with Crippen LogP contribution in [-0.4, -0.2) is 14.9 Å². The Kier molecular flexibility index (Phi) is 4.11. The first-order chi connectivity index (χ1) is 10.6. The van der Waals surface area contributed by atoms with E-state index in [-0.39, 0.29) is 5.82 Å². The third kappa shape index (κ3) is 2.96. The molecule has 0 saturated carbocycles. The highest BCUT2D eigenvalue weighted by Gasteiger charge is 2.13. The van der Waals surface area contributed by atoms with Crippen LogP contribution in [0.1, 0.15) is 11.1 Å². The molecule has 0 aliphatic carbocycles. The van der Waals surface area contributed by atoms with E-state index in [0.29, 0.717) is 16.7 Å². The topological polar surface area (TPSA) is 56.7 Å². The number of aromatic nitrogens is 3. The number of aryl methyl sites for hydroxylation is 1. The van der Waals surface area contributed by atoms with Crippen LogP contribution in [-0.2, 0) is 5.75 Å². The fourth-order valence-electron chi connectivity index (χ4n) is 2.16. The predicted molar refractivity (Wildman–Crippen MR) is 86.3 cm³/mol. The Morgan fingerprint density at radius 1 is 1.14 bits per heavy atom. The Morgan fingerprint density at radius 2 is 1.95 bits per heavy atom. The first kappa shape index (κ1) is 14.6. The standard InChI is InChI=1S/C16H15FN4S/c1-11-5-2-3-8-14(11)15-19-20-16(21(15)18)22-10-12-6-4-7-13(17)9-12/h2-9H,10,18H2,1H3. The van der Waals surface area contributed by atoms with Gasteiger partial charge >= 0.3 is 0 Å². The third-order valence-corrected chi connectivity index (χ3v) is 4.32. The highest BCUT2D eigenvalue weighted by atomic mass is 32.2. The van der Waals surface area contributed by atoms with Crippen molar-refractivity contribution < 1.29 is 4.39 Å². The van der Waals surface area contributed by atoms with Gasteiger partial charge in [-0.25, -0.2) is 9.07 Å². The molecule has 112 valence electrons. The SMILES string of the molecule is Cc1ccccc1-c1nnc(SCc2cccc(F)c2)n1N. The van der Waals surface area contributed by atoms with E-state index < -0.39 is 0 Å². The number of thioether (sulfide) groups is 1. The zero-order chi connectivity index (χ0) is 15.5. The maximum absolute atomic E-state index is 13.2. The molecule has 6 heteroatoms. The zero-order valence-electron chi connectivity index (χ0n) is 12.0. The molecule has 4 nitrogen and oxygen atoms in total. The molecule has 0 radical (unpaired) electrons. The smallest absolute Gasteiger partial charge is 0.210 e. The number of nitrogens with zero attached hydrogens (tertiary/aromatic N) is 3. The molecule has 3 aromatic rings. The number of hydrogen-bond acceptors (Lipinski definition) is 4. The van der Waals surface area contributed by atoms with Crippen molar-refractivity contribution in [3.05, 3.63) is 65.5 Å². The van der Waals surface area contributed by atoms with Gasteiger partial charge in [0.2, 0.25) is 5.16 Å². The van der Waals surface area contributed by atoms with E-state index in [0.717, 1.165) is 16.7 Å². The summed E-state index contributed by atoms with van der Waals surface area (Å²) in [5, 5.41) is 8.90. The van der Waals surface area contributed by atoms with Gasteiger partial charge in [-0.05, 0) is 30.2 Å². The van der Waals surface area contributed by atoms with Gasteiger partial charge in [0.25, 0.3) is 0 Å². The Hall–Kier alpha value is -2.34. The molecule has 0 spiro atoms. The lowest BCUT2D eigenvalue weighted by Gasteiger charge is -2.06. The van der Waals surface area contributed by atoms with Crippen LogP contribution in [0.15, 0.2) is 53.7 Å². The van der Waals surface area contributed by atoms with E-state index in [2.05, 4.69) is 10.2 Å². The van der Waals surface area contributed by atoms with Crippen LogP contribution in [0.5, 0.6) is 0 Å². The molecule has 3 rings (SSSR count). The second-order valence-electron chi connectivity index (χ2n) is 4.91. The summed E-state index contributed by atoms with van der Waals surface area (Å²) in [6.45, 7) is 2.00. The van der Waals surface area contributed by atoms with Crippen LogP contribution in [0, 0.1) is 12.7 Å². The van der Waals surface area contributed by atoms with Gasteiger partial charge in [0.15, 0.2) is 5.82 Å². The predicted octanol–water partition coefficient (Wildman–Crippen LogP) is 3.40. The van der Waals surface area contributed by atoms with Crippen molar-refractivity contribution in [2.75, 3.05) is 5.84 Å². The van der Waals surface area contributed by atoms with Crippen molar-refractivity contribution in [3.63, 3.8) is 0 Å². The molecule has 2 N–H and O–H groups in total. The van der Waals surface area contributed by atoms with Crippen LogP contribution in [0.4, 0.5) is 4.39 Å². The van der Waals surface area contributed by atoms with Gasteiger partial charge in [-0.15, -0.1) is 10.2 Å². The molecule has 0 aliphatic heterocycles. The maximum Gasteiger partial charge on any atom is 0.210 e. The van der Waals surface area contributed by atoms with E-state index in [1.165, 1.54) is 28.6 Å². The number of benzene rings is 2. The van der Waals surface area contributed by atoms with Gasteiger partial charge in [-0.1, -0.05) is 48.2 Å². The van der Waals surface area contributed by atoms with Crippen LogP contribution in [0.3, 0.4) is 0 Å². The summed E-state index contributed by atoms with van der Waals surface area (Å²) in [6, 6.07) is 14.4. The number of nitrogens with two attached hydrogens (primary N) is 1. The molecule has 0 amide bonds. The normalized spacial score (nSPS) is 10.8. The molecule has 0 unspecified atom stereocenters. The third-order valence-electron chi connectivity index (χ3n) is 3.31. The summed E-state index contributed by atoms with van der Waals surface area (Å²) in [5.74, 6) is 7.06. The maximum atomic E-state index is 13.2. The van der Waals surface area contributed by atoms with Crippen molar-refractivity contribution >= 4 is 11.8 Å². The van der Waals surface area contributed by atoms with Crippen LogP contribution in [0.25, 0.3) is 11.4 Å². The van der Waals surface area contributed by atoms with Crippen molar-refractivity contribution in [1.82, 2.24) is 14.9 Å². The molecule has 1 aromatic heterocycles. The molecular weight excluding hydrogens is 299 g/mol. The minimum atomic E-state index is -0.243. The number of rotatable bonds is 4. The molecule has 0 saturated heterocycles. The van der Waals surface area contributed by atoms with Gasteiger partial charge in [-0.3, -0.25) is 0 Å². The van der Waals surface area contributed by atoms with E-state index in [1.807, 2.05) is 37.3 Å². The second kappa shape index (κ2) is 6.19. The quantitative estimate of drug-likeness (QED) is 0.592. The van der Waals surface area contributed by atoms with E-state index in [9.17, 15) is 4.39 Å². The largest absolute Gasteiger partial charge is 0.335 e. The van der Waals surface area contributed by atoms with E-state index in [1.54, 1.807) is 6.07 Å². The van der Waals surface area contributed by atoms with Crippen molar-refractivity contribution in [2.24, 2.45) is 0 Å². The average molecular weight is 314 g/mol. The first-order valence-electron chi connectivity index (χ1n) is 6.79. The summed E-state index contributed by atoms with van der Waals surface area (Å²) in [6.07, 6.45) is 0. The number of halogens is 1. The lowest BCUT2D eigenvalue weighted by atomic mass is 10.1. The lowest BCUT2D eigenvalue weighted by Crippen LogP contribution is -2.12. The Labute approximate surface area is 132 Å². The Bertz CT molecular complexity index is 800. The molecule has 0 bridgehead atoms. The van der Waals surface area contributed by atoms with Crippen molar-refractivity contribution in [2.45, 2.75) is 17.8 Å². The fraction of sp³-hybridized carbons (Fsp3) is 0.125. The van der Waals surface area contributed by atoms with Crippen LogP contribution < -0.4 is 5.84 Å². The van der Waals surface area contributed by atoms with Gasteiger partial charge in [0.05, 0.1) is 0 Å². The summed E-state index contributed by atoms with van der Waals surface area (Å²) in [4.78, 5) is 0. The molecular formula is C16H15FN4S. The molecule has 0 aliphatic rings. The van der Waals surface area contributed by atoms with Crippen LogP contribution in [0.2, 0.25) is 0 Å². The minimum Gasteiger partial charge on any atom is -0.335 e. The van der Waals surface area contributed by atoms with Gasteiger partial charge in [-0.2, -0.15) is 0 Å². The minimum absolute atomic E-state index is 0.243. The second-order valence-corrected chi connectivity index (χ2v) is 5.85. The molecule has 0 fully saturated rings. The Morgan fingerprint density at radius 3 is 2.73 bits per heavy atom. The van der Waals surface area contributed by atoms with Crippen LogP contribution >= 0.6 is 11.8 Å². The summed E-state index contributed by atoms with van der Waals surface area (Å²) >= 11 is 1.43. The fourth-order valence-corrected chi connectivity index (χ4v) is 2.96. The number of nitrogen functional groups attached to an aromatic ring is 1. The number of hydrogen-bond donors (Lipinski definition) is 1. The van der Waals surface area contributed by atoms with E-state index in [4.69, 9.17) is 5.84 Å². The summed E-state index contributed by atoms with van der Waals surface area (Å²) in [7, 11) is 0. The molecule has 0 atom stereocenters. The Balaban J connectivity index is 1.81. The zero-order valence-corrected chi connectivity index (χ0v) is 12.8. The van der Waals surface area contributed by atoms with Crippen molar-refractivity contribution in [1.29, 1.82) is 0 Å².